The van der Waals surface area contributed by atoms with Crippen molar-refractivity contribution in [2.24, 2.45) is 5.92 Å². The molecule has 0 aliphatic rings. The molecule has 70 valence electrons. The van der Waals surface area contributed by atoms with Crippen molar-refractivity contribution in [2.75, 3.05) is 14.2 Å². The lowest BCUT2D eigenvalue weighted by Crippen LogP contribution is -2.32. The molecular formula is C7H11ClO4. The molecule has 1 unspecified atom stereocenters. The molecule has 4 nitrogen and oxygen atoms in total. The first-order valence-electron chi connectivity index (χ1n) is 3.34. The number of hydrogen-bond acceptors (Lipinski definition) is 4. The first kappa shape index (κ1) is 11.2. The Morgan fingerprint density at radius 2 is 1.50 bits per heavy atom. The molecular weight excluding hydrogens is 184 g/mol. The number of esters is 2. The Bertz CT molecular complexity index is 162. The third kappa shape index (κ3) is 2.70. The minimum atomic E-state index is -1.04. The number of alkyl halides is 1. The largest absolute Gasteiger partial charge is 0.468 e. The summed E-state index contributed by atoms with van der Waals surface area (Å²) in [5.74, 6) is -2.39. The highest BCUT2D eigenvalue weighted by Gasteiger charge is 2.33. The summed E-state index contributed by atoms with van der Waals surface area (Å²) >= 11 is 5.59. The summed E-state index contributed by atoms with van der Waals surface area (Å²) in [6.45, 7) is 1.53. The molecule has 0 saturated heterocycles. The summed E-state index contributed by atoms with van der Waals surface area (Å²) in [6, 6.07) is 0. The van der Waals surface area contributed by atoms with E-state index in [-0.39, 0.29) is 0 Å². The van der Waals surface area contributed by atoms with E-state index < -0.39 is 23.2 Å². The summed E-state index contributed by atoms with van der Waals surface area (Å²) in [5.41, 5.74) is 0. The molecule has 0 aromatic rings. The minimum Gasteiger partial charge on any atom is -0.468 e. The number of carbonyl (C=O) groups is 2. The molecule has 0 radical (unpaired) electrons. The van der Waals surface area contributed by atoms with Crippen molar-refractivity contribution in [1.82, 2.24) is 0 Å². The lowest BCUT2D eigenvalue weighted by atomic mass is 10.1. The quantitative estimate of drug-likeness (QED) is 0.375. The van der Waals surface area contributed by atoms with Gasteiger partial charge in [0.15, 0.2) is 5.92 Å². The molecule has 0 aromatic heterocycles. The van der Waals surface area contributed by atoms with Crippen LogP contribution in [-0.4, -0.2) is 31.5 Å². The molecule has 0 aromatic carbocycles. The average molecular weight is 195 g/mol. The van der Waals surface area contributed by atoms with E-state index in [1.165, 1.54) is 21.1 Å². The smallest absolute Gasteiger partial charge is 0.321 e. The molecule has 1 atom stereocenters. The summed E-state index contributed by atoms with van der Waals surface area (Å²) in [5, 5.41) is -0.634. The number of ether oxygens (including phenoxy) is 2. The molecule has 0 aliphatic heterocycles. The number of methoxy groups -OCH3 is 2. The SMILES string of the molecule is COC(=O)C(C(=O)OC)C(C)Cl. The highest BCUT2D eigenvalue weighted by Crippen LogP contribution is 2.13. The van der Waals surface area contributed by atoms with Gasteiger partial charge in [0.2, 0.25) is 0 Å². The zero-order chi connectivity index (χ0) is 9.72. The molecule has 0 aliphatic carbocycles. The molecule has 0 saturated carbocycles. The van der Waals surface area contributed by atoms with E-state index in [2.05, 4.69) is 9.47 Å². The van der Waals surface area contributed by atoms with Crippen molar-refractivity contribution < 1.29 is 19.1 Å². The van der Waals surface area contributed by atoms with Gasteiger partial charge in [-0.2, -0.15) is 0 Å². The lowest BCUT2D eigenvalue weighted by molar-refractivity contribution is -0.158. The van der Waals surface area contributed by atoms with Crippen LogP contribution < -0.4 is 0 Å². The molecule has 5 heteroatoms. The Morgan fingerprint density at radius 1 is 1.17 bits per heavy atom. The van der Waals surface area contributed by atoms with E-state index in [0.29, 0.717) is 0 Å². The monoisotopic (exact) mass is 194 g/mol. The molecule has 0 N–H and O–H groups in total. The van der Waals surface area contributed by atoms with Crippen LogP contribution in [0, 0.1) is 5.92 Å². The number of hydrogen-bond donors (Lipinski definition) is 0. The number of carbonyl (C=O) groups excluding carboxylic acids is 2. The molecule has 0 amide bonds. The third-order valence-corrected chi connectivity index (χ3v) is 1.62. The Balaban J connectivity index is 4.43. The van der Waals surface area contributed by atoms with Crippen molar-refractivity contribution in [2.45, 2.75) is 12.3 Å². The van der Waals surface area contributed by atoms with Gasteiger partial charge in [-0.05, 0) is 6.92 Å². The van der Waals surface area contributed by atoms with Gasteiger partial charge in [0.25, 0.3) is 0 Å². The van der Waals surface area contributed by atoms with E-state index in [4.69, 9.17) is 11.6 Å². The van der Waals surface area contributed by atoms with Crippen LogP contribution in [0.15, 0.2) is 0 Å². The van der Waals surface area contributed by atoms with Gasteiger partial charge in [0.1, 0.15) is 0 Å². The Hall–Kier alpha value is -0.770. The normalized spacial score (nSPS) is 12.4. The van der Waals surface area contributed by atoms with Gasteiger partial charge >= 0.3 is 11.9 Å². The summed E-state index contributed by atoms with van der Waals surface area (Å²) in [4.78, 5) is 21.9. The van der Waals surface area contributed by atoms with E-state index in [9.17, 15) is 9.59 Å². The van der Waals surface area contributed by atoms with Gasteiger partial charge in [-0.25, -0.2) is 0 Å². The van der Waals surface area contributed by atoms with Crippen LogP contribution in [0.25, 0.3) is 0 Å². The van der Waals surface area contributed by atoms with Crippen molar-refractivity contribution in [3.63, 3.8) is 0 Å². The summed E-state index contributed by atoms with van der Waals surface area (Å²) in [7, 11) is 2.38. The number of rotatable bonds is 3. The molecule has 0 heterocycles. The Morgan fingerprint density at radius 3 is 1.67 bits per heavy atom. The predicted molar refractivity (Wildman–Crippen MR) is 42.8 cm³/mol. The van der Waals surface area contributed by atoms with Crippen molar-refractivity contribution in [1.29, 1.82) is 0 Å². The van der Waals surface area contributed by atoms with Crippen LogP contribution in [0.2, 0.25) is 0 Å². The second-order valence-corrected chi connectivity index (χ2v) is 2.89. The van der Waals surface area contributed by atoms with Gasteiger partial charge in [-0.15, -0.1) is 11.6 Å². The first-order chi connectivity index (χ1) is 5.54. The Kier molecular flexibility index (Phi) is 4.66. The second-order valence-electron chi connectivity index (χ2n) is 2.20. The maximum absolute atomic E-state index is 10.9. The van der Waals surface area contributed by atoms with E-state index in [1.807, 2.05) is 0 Å². The fourth-order valence-corrected chi connectivity index (χ4v) is 0.931. The lowest BCUT2D eigenvalue weighted by Gasteiger charge is -2.13. The van der Waals surface area contributed by atoms with Gasteiger partial charge in [0.05, 0.1) is 19.6 Å². The van der Waals surface area contributed by atoms with Crippen LogP contribution in [-0.2, 0) is 19.1 Å². The van der Waals surface area contributed by atoms with Crippen LogP contribution in [0.1, 0.15) is 6.92 Å². The van der Waals surface area contributed by atoms with Crippen molar-refractivity contribution in [3.8, 4) is 0 Å². The van der Waals surface area contributed by atoms with Crippen LogP contribution in [0.3, 0.4) is 0 Å². The van der Waals surface area contributed by atoms with Gasteiger partial charge in [-0.1, -0.05) is 0 Å². The minimum absolute atomic E-state index is 0.634. The van der Waals surface area contributed by atoms with Crippen LogP contribution in [0.4, 0.5) is 0 Å². The van der Waals surface area contributed by atoms with Crippen LogP contribution >= 0.6 is 11.6 Å². The summed E-state index contributed by atoms with van der Waals surface area (Å²) < 4.78 is 8.74. The standard InChI is InChI=1S/C7H11ClO4/c1-4(8)5(6(9)11-2)7(10)12-3/h4-5H,1-3H3. The van der Waals surface area contributed by atoms with E-state index in [1.54, 1.807) is 0 Å². The fraction of sp³-hybridized carbons (Fsp3) is 0.714. The average Bonchev–Trinajstić information content (AvgIpc) is 2.03. The maximum atomic E-state index is 10.9. The Labute approximate surface area is 75.8 Å². The topological polar surface area (TPSA) is 52.6 Å². The van der Waals surface area contributed by atoms with Gasteiger partial charge < -0.3 is 9.47 Å². The molecule has 0 rings (SSSR count). The van der Waals surface area contributed by atoms with E-state index in [0.717, 1.165) is 0 Å². The highest BCUT2D eigenvalue weighted by atomic mass is 35.5. The van der Waals surface area contributed by atoms with Crippen LogP contribution in [0.5, 0.6) is 0 Å². The van der Waals surface area contributed by atoms with Gasteiger partial charge in [0, 0.05) is 0 Å². The predicted octanol–water partition coefficient (Wildman–Crippen LogP) is 0.576. The zero-order valence-electron chi connectivity index (χ0n) is 7.17. The first-order valence-corrected chi connectivity index (χ1v) is 3.78. The van der Waals surface area contributed by atoms with Crippen molar-refractivity contribution in [3.05, 3.63) is 0 Å². The third-order valence-electron chi connectivity index (χ3n) is 1.37. The van der Waals surface area contributed by atoms with Gasteiger partial charge in [-0.3, -0.25) is 9.59 Å². The molecule has 12 heavy (non-hydrogen) atoms. The molecule has 0 bridgehead atoms. The molecule has 0 fully saturated rings. The second kappa shape index (κ2) is 4.98. The zero-order valence-corrected chi connectivity index (χ0v) is 7.92. The molecule has 0 spiro atoms. The van der Waals surface area contributed by atoms with E-state index >= 15 is 0 Å². The maximum Gasteiger partial charge on any atom is 0.321 e. The summed E-state index contributed by atoms with van der Waals surface area (Å²) in [6.07, 6.45) is 0. The fourth-order valence-electron chi connectivity index (χ4n) is 0.725. The van der Waals surface area contributed by atoms with Crippen molar-refractivity contribution >= 4 is 23.5 Å². The number of halogens is 1. The highest BCUT2D eigenvalue weighted by molar-refractivity contribution is 6.23.